The van der Waals surface area contributed by atoms with Crippen LogP contribution in [0.1, 0.15) is 37.0 Å². The maximum absolute atomic E-state index is 12.2. The third-order valence-electron chi connectivity index (χ3n) is 4.60. The van der Waals surface area contributed by atoms with Gasteiger partial charge in [0.05, 0.1) is 12.6 Å². The Morgan fingerprint density at radius 1 is 1.13 bits per heavy atom. The second-order valence-electron chi connectivity index (χ2n) is 7.58. The van der Waals surface area contributed by atoms with Gasteiger partial charge >= 0.3 is 0 Å². The minimum Gasteiger partial charge on any atom is -0.491 e. The molecule has 1 atom stereocenters. The van der Waals surface area contributed by atoms with Crippen LogP contribution in [0.25, 0.3) is 0 Å². The van der Waals surface area contributed by atoms with Crippen LogP contribution in [0.3, 0.4) is 0 Å². The molecule has 7 heteroatoms. The van der Waals surface area contributed by atoms with E-state index >= 15 is 0 Å². The van der Waals surface area contributed by atoms with Crippen LogP contribution in [0, 0.1) is 0 Å². The summed E-state index contributed by atoms with van der Waals surface area (Å²) in [6.45, 7) is 5.27. The summed E-state index contributed by atoms with van der Waals surface area (Å²) in [6.07, 6.45) is 2.27. The van der Waals surface area contributed by atoms with Crippen LogP contribution in [-0.2, 0) is 9.53 Å². The van der Waals surface area contributed by atoms with E-state index in [2.05, 4.69) is 16.0 Å². The number of ether oxygens (including phenoxy) is 2. The molecular formula is C23H29N3O4. The van der Waals surface area contributed by atoms with Crippen molar-refractivity contribution in [1.29, 1.82) is 0 Å². The van der Waals surface area contributed by atoms with E-state index in [0.717, 1.165) is 30.9 Å². The van der Waals surface area contributed by atoms with E-state index in [-0.39, 0.29) is 30.5 Å². The molecule has 0 radical (unpaired) electrons. The highest BCUT2D eigenvalue weighted by molar-refractivity contribution is 5.96. The van der Waals surface area contributed by atoms with Gasteiger partial charge in [-0.05, 0) is 63.1 Å². The first kappa shape index (κ1) is 21.6. The molecule has 1 saturated heterocycles. The van der Waals surface area contributed by atoms with E-state index in [9.17, 15) is 9.59 Å². The topological polar surface area (TPSA) is 88.7 Å². The van der Waals surface area contributed by atoms with E-state index in [1.807, 2.05) is 38.1 Å². The molecule has 0 aromatic heterocycles. The number of carbonyl (C=O) groups is 2. The molecule has 3 rings (SSSR count). The van der Waals surface area contributed by atoms with E-state index in [1.165, 1.54) is 0 Å². The summed E-state index contributed by atoms with van der Waals surface area (Å²) in [5.74, 6) is 0.428. The zero-order valence-electron chi connectivity index (χ0n) is 17.4. The lowest BCUT2D eigenvalue weighted by Gasteiger charge is -2.13. The molecule has 160 valence electrons. The van der Waals surface area contributed by atoms with Gasteiger partial charge in [-0.1, -0.05) is 6.07 Å². The van der Waals surface area contributed by atoms with Crippen LogP contribution in [0.4, 0.5) is 11.4 Å². The lowest BCUT2D eigenvalue weighted by Crippen LogP contribution is -2.30. The van der Waals surface area contributed by atoms with Gasteiger partial charge in [0.15, 0.2) is 0 Å². The molecule has 0 spiro atoms. The van der Waals surface area contributed by atoms with Crippen LogP contribution < -0.4 is 20.7 Å². The number of amides is 2. The number of hydrogen-bond donors (Lipinski definition) is 3. The molecule has 1 unspecified atom stereocenters. The summed E-state index contributed by atoms with van der Waals surface area (Å²) >= 11 is 0. The molecule has 2 aromatic carbocycles. The van der Waals surface area contributed by atoms with Crippen molar-refractivity contribution < 1.29 is 19.1 Å². The maximum Gasteiger partial charge on any atom is 0.251 e. The van der Waals surface area contributed by atoms with Crippen molar-refractivity contribution in [2.24, 2.45) is 0 Å². The molecule has 3 N–H and O–H groups in total. The Bertz CT molecular complexity index is 846. The monoisotopic (exact) mass is 411 g/mol. The van der Waals surface area contributed by atoms with Gasteiger partial charge in [0.25, 0.3) is 5.91 Å². The fourth-order valence-electron chi connectivity index (χ4n) is 3.10. The second-order valence-corrected chi connectivity index (χ2v) is 7.58. The third kappa shape index (κ3) is 6.77. The fourth-order valence-corrected chi connectivity index (χ4v) is 3.10. The average molecular weight is 412 g/mol. The van der Waals surface area contributed by atoms with Gasteiger partial charge in [-0.3, -0.25) is 9.59 Å². The molecule has 0 aliphatic carbocycles. The Balaban J connectivity index is 1.45. The van der Waals surface area contributed by atoms with Crippen molar-refractivity contribution in [3.05, 3.63) is 54.1 Å². The number of benzene rings is 2. The van der Waals surface area contributed by atoms with Crippen molar-refractivity contribution in [1.82, 2.24) is 5.32 Å². The summed E-state index contributed by atoms with van der Waals surface area (Å²) in [5, 5.41) is 8.75. The zero-order chi connectivity index (χ0) is 21.3. The molecule has 1 aliphatic rings. The van der Waals surface area contributed by atoms with E-state index in [0.29, 0.717) is 17.9 Å². The van der Waals surface area contributed by atoms with Gasteiger partial charge in [-0.15, -0.1) is 0 Å². The summed E-state index contributed by atoms with van der Waals surface area (Å²) in [4.78, 5) is 24.2. The van der Waals surface area contributed by atoms with Crippen molar-refractivity contribution in [2.75, 3.05) is 30.4 Å². The molecule has 2 amide bonds. The lowest BCUT2D eigenvalue weighted by molar-refractivity contribution is -0.114. The van der Waals surface area contributed by atoms with Crippen molar-refractivity contribution in [2.45, 2.75) is 38.8 Å². The molecule has 1 aliphatic heterocycles. The Kier molecular flexibility index (Phi) is 7.68. The first-order valence-electron chi connectivity index (χ1n) is 10.3. The molecule has 30 heavy (non-hydrogen) atoms. The minimum atomic E-state index is -0.181. The number of hydrogen-bond acceptors (Lipinski definition) is 5. The molecule has 0 bridgehead atoms. The molecule has 1 fully saturated rings. The SMILES string of the molecule is CC(C)NC(=O)c1ccc(NC(=O)CNc2cccc(OCC3CCCO3)c2)cc1. The zero-order valence-corrected chi connectivity index (χ0v) is 17.4. The standard InChI is InChI=1S/C23H29N3O4/c1-16(2)25-23(28)17-8-10-18(11-9-17)26-22(27)14-24-19-5-3-6-20(13-19)30-15-21-7-4-12-29-21/h3,5-6,8-11,13,16,21,24H,4,7,12,14-15H2,1-2H3,(H,25,28)(H,26,27). The summed E-state index contributed by atoms with van der Waals surface area (Å²) < 4.78 is 11.4. The average Bonchev–Trinajstić information content (AvgIpc) is 3.25. The lowest BCUT2D eigenvalue weighted by atomic mass is 10.2. The fraction of sp³-hybridized carbons (Fsp3) is 0.391. The number of nitrogens with one attached hydrogen (secondary N) is 3. The quantitative estimate of drug-likeness (QED) is 0.588. The van der Waals surface area contributed by atoms with E-state index in [4.69, 9.17) is 9.47 Å². The molecular weight excluding hydrogens is 382 g/mol. The van der Waals surface area contributed by atoms with Gasteiger partial charge in [0.1, 0.15) is 12.4 Å². The van der Waals surface area contributed by atoms with Gasteiger partial charge in [0.2, 0.25) is 5.91 Å². The summed E-state index contributed by atoms with van der Waals surface area (Å²) in [5.41, 5.74) is 1.99. The van der Waals surface area contributed by atoms with E-state index < -0.39 is 0 Å². The van der Waals surface area contributed by atoms with Gasteiger partial charge in [-0.2, -0.15) is 0 Å². The van der Waals surface area contributed by atoms with Crippen LogP contribution in [-0.4, -0.2) is 43.7 Å². The van der Waals surface area contributed by atoms with Gasteiger partial charge in [0, 0.05) is 35.7 Å². The smallest absolute Gasteiger partial charge is 0.251 e. The Labute approximate surface area is 177 Å². The highest BCUT2D eigenvalue weighted by Gasteiger charge is 2.16. The minimum absolute atomic E-state index is 0.0721. The van der Waals surface area contributed by atoms with Crippen molar-refractivity contribution in [3.63, 3.8) is 0 Å². The predicted octanol–water partition coefficient (Wildman–Crippen LogP) is 3.43. The maximum atomic E-state index is 12.2. The Hall–Kier alpha value is -3.06. The molecule has 0 saturated carbocycles. The van der Waals surface area contributed by atoms with Crippen LogP contribution in [0.2, 0.25) is 0 Å². The second kappa shape index (κ2) is 10.6. The highest BCUT2D eigenvalue weighted by atomic mass is 16.5. The first-order chi connectivity index (χ1) is 14.5. The predicted molar refractivity (Wildman–Crippen MR) is 117 cm³/mol. The molecule has 7 nitrogen and oxygen atoms in total. The summed E-state index contributed by atoms with van der Waals surface area (Å²) in [6, 6.07) is 14.4. The number of carbonyl (C=O) groups excluding carboxylic acids is 2. The van der Waals surface area contributed by atoms with Crippen LogP contribution in [0.5, 0.6) is 5.75 Å². The van der Waals surface area contributed by atoms with Gasteiger partial charge in [-0.25, -0.2) is 0 Å². The Morgan fingerprint density at radius 3 is 2.63 bits per heavy atom. The number of anilines is 2. The first-order valence-corrected chi connectivity index (χ1v) is 10.3. The van der Waals surface area contributed by atoms with E-state index in [1.54, 1.807) is 24.3 Å². The van der Waals surface area contributed by atoms with Crippen LogP contribution >= 0.6 is 0 Å². The largest absolute Gasteiger partial charge is 0.491 e. The highest BCUT2D eigenvalue weighted by Crippen LogP contribution is 2.19. The van der Waals surface area contributed by atoms with Crippen LogP contribution in [0.15, 0.2) is 48.5 Å². The van der Waals surface area contributed by atoms with Crippen molar-refractivity contribution >= 4 is 23.2 Å². The van der Waals surface area contributed by atoms with Crippen molar-refractivity contribution in [3.8, 4) is 5.75 Å². The van der Waals surface area contributed by atoms with Gasteiger partial charge < -0.3 is 25.4 Å². The normalized spacial score (nSPS) is 15.6. The summed E-state index contributed by atoms with van der Waals surface area (Å²) in [7, 11) is 0. The Morgan fingerprint density at radius 2 is 1.93 bits per heavy atom. The molecule has 1 heterocycles. The third-order valence-corrected chi connectivity index (χ3v) is 4.60. The number of rotatable bonds is 9. The molecule has 2 aromatic rings.